The zero-order valence-corrected chi connectivity index (χ0v) is 11.0. The number of nitrogens with one attached hydrogen (secondary N) is 1. The Morgan fingerprint density at radius 1 is 1.18 bits per heavy atom. The maximum absolute atomic E-state index is 12.1. The summed E-state index contributed by atoms with van der Waals surface area (Å²) in [6, 6.07) is 0. The number of rotatable bonds is 2. The Kier molecular flexibility index (Phi) is 3.02. The van der Waals surface area contributed by atoms with Gasteiger partial charge in [0, 0.05) is 13.0 Å². The Morgan fingerprint density at radius 2 is 1.76 bits per heavy atom. The lowest BCUT2D eigenvalue weighted by molar-refractivity contribution is -0.142. The van der Waals surface area contributed by atoms with Crippen LogP contribution in [-0.2, 0) is 9.59 Å². The molecular weight excluding hydrogens is 216 g/mol. The third kappa shape index (κ3) is 2.37. The van der Waals surface area contributed by atoms with Crippen molar-refractivity contribution in [3.8, 4) is 0 Å². The molecule has 0 unspecified atom stereocenters. The first-order valence-electron chi connectivity index (χ1n) is 6.40. The van der Waals surface area contributed by atoms with Gasteiger partial charge in [-0.25, -0.2) is 0 Å². The van der Waals surface area contributed by atoms with Crippen molar-refractivity contribution < 1.29 is 9.59 Å². The van der Waals surface area contributed by atoms with Crippen LogP contribution in [0.4, 0.5) is 0 Å². The molecule has 96 valence electrons. The number of hydrogen-bond acceptors (Lipinski definition) is 3. The van der Waals surface area contributed by atoms with Gasteiger partial charge in [0.15, 0.2) is 0 Å². The normalized spacial score (nSPS) is 27.6. The highest BCUT2D eigenvalue weighted by Crippen LogP contribution is 2.36. The summed E-state index contributed by atoms with van der Waals surface area (Å²) in [6.45, 7) is 8.46. The lowest BCUT2D eigenvalue weighted by Crippen LogP contribution is -2.45. The van der Waals surface area contributed by atoms with Crippen molar-refractivity contribution in [3.63, 3.8) is 0 Å². The Balaban J connectivity index is 2.08. The van der Waals surface area contributed by atoms with E-state index < -0.39 is 5.41 Å². The first kappa shape index (κ1) is 12.6. The van der Waals surface area contributed by atoms with Crippen molar-refractivity contribution in [2.24, 2.45) is 10.8 Å². The van der Waals surface area contributed by atoms with Gasteiger partial charge >= 0.3 is 0 Å². The van der Waals surface area contributed by atoms with Crippen LogP contribution in [0.3, 0.4) is 0 Å². The van der Waals surface area contributed by atoms with Crippen LogP contribution in [0.5, 0.6) is 0 Å². The van der Waals surface area contributed by atoms with E-state index in [0.717, 1.165) is 25.9 Å². The highest BCUT2D eigenvalue weighted by Gasteiger charge is 2.46. The number of nitrogens with zero attached hydrogens (tertiary/aromatic N) is 1. The van der Waals surface area contributed by atoms with Gasteiger partial charge in [-0.1, -0.05) is 20.8 Å². The van der Waals surface area contributed by atoms with E-state index in [1.54, 1.807) is 0 Å². The van der Waals surface area contributed by atoms with Gasteiger partial charge < -0.3 is 5.32 Å². The molecule has 2 heterocycles. The molecule has 2 aliphatic rings. The van der Waals surface area contributed by atoms with Gasteiger partial charge in [-0.3, -0.25) is 14.5 Å². The molecule has 2 rings (SSSR count). The van der Waals surface area contributed by atoms with Crippen LogP contribution in [0.15, 0.2) is 0 Å². The molecule has 2 saturated heterocycles. The van der Waals surface area contributed by atoms with Crippen molar-refractivity contribution in [1.82, 2.24) is 10.2 Å². The summed E-state index contributed by atoms with van der Waals surface area (Å²) < 4.78 is 0. The van der Waals surface area contributed by atoms with E-state index >= 15 is 0 Å². The second-order valence-electron chi connectivity index (χ2n) is 6.41. The molecule has 4 nitrogen and oxygen atoms in total. The monoisotopic (exact) mass is 238 g/mol. The lowest BCUT2D eigenvalue weighted by atomic mass is 9.80. The maximum atomic E-state index is 12.1. The molecule has 0 atom stereocenters. The van der Waals surface area contributed by atoms with Gasteiger partial charge in [0.1, 0.15) is 0 Å². The van der Waals surface area contributed by atoms with Crippen LogP contribution < -0.4 is 5.32 Å². The Morgan fingerprint density at radius 3 is 2.24 bits per heavy atom. The molecule has 0 aromatic rings. The average molecular weight is 238 g/mol. The van der Waals surface area contributed by atoms with Crippen molar-refractivity contribution in [2.45, 2.75) is 40.0 Å². The summed E-state index contributed by atoms with van der Waals surface area (Å²) in [5, 5.41) is 3.32. The largest absolute Gasteiger partial charge is 0.317 e. The summed E-state index contributed by atoms with van der Waals surface area (Å²) in [5.41, 5.74) is -0.405. The fourth-order valence-electron chi connectivity index (χ4n) is 2.76. The van der Waals surface area contributed by atoms with Crippen LogP contribution in [0.2, 0.25) is 0 Å². The number of carbonyl (C=O) groups excluding carboxylic acids is 2. The van der Waals surface area contributed by atoms with Crippen LogP contribution in [0.1, 0.15) is 40.0 Å². The summed E-state index contributed by atoms with van der Waals surface area (Å²) in [4.78, 5) is 25.5. The zero-order valence-electron chi connectivity index (χ0n) is 11.0. The van der Waals surface area contributed by atoms with E-state index in [-0.39, 0.29) is 17.2 Å². The molecular formula is C13H22N2O2. The Labute approximate surface area is 103 Å². The molecule has 1 N–H and O–H groups in total. The maximum Gasteiger partial charge on any atom is 0.235 e. The number of carbonyl (C=O) groups is 2. The van der Waals surface area contributed by atoms with Crippen molar-refractivity contribution in [1.29, 1.82) is 0 Å². The smallest absolute Gasteiger partial charge is 0.235 e. The highest BCUT2D eigenvalue weighted by atomic mass is 16.2. The summed E-state index contributed by atoms with van der Waals surface area (Å²) in [5.74, 6) is 0.00187. The lowest BCUT2D eigenvalue weighted by Gasteiger charge is -2.36. The number of imide groups is 1. The average Bonchev–Trinajstić information content (AvgIpc) is 2.42. The predicted molar refractivity (Wildman–Crippen MR) is 65.3 cm³/mol. The summed E-state index contributed by atoms with van der Waals surface area (Å²) in [6.07, 6.45) is 2.43. The molecule has 0 bridgehead atoms. The van der Waals surface area contributed by atoms with Crippen LogP contribution in [0, 0.1) is 10.8 Å². The first-order valence-corrected chi connectivity index (χ1v) is 6.40. The predicted octanol–water partition coefficient (Wildman–Crippen LogP) is 1.16. The molecule has 2 aliphatic heterocycles. The molecule has 17 heavy (non-hydrogen) atoms. The fraction of sp³-hybridized carbons (Fsp3) is 0.846. The van der Waals surface area contributed by atoms with Crippen LogP contribution in [-0.4, -0.2) is 36.3 Å². The van der Waals surface area contributed by atoms with E-state index in [4.69, 9.17) is 0 Å². The molecule has 0 saturated carbocycles. The number of hydrogen-bond donors (Lipinski definition) is 1. The standard InChI is InChI=1S/C13H22N2O2/c1-12(2)8-10(16)15(11(12)17)9-13(3)4-6-14-7-5-13/h14H,4-9H2,1-3H3. The van der Waals surface area contributed by atoms with Gasteiger partial charge in [-0.15, -0.1) is 0 Å². The second kappa shape index (κ2) is 4.09. The minimum atomic E-state index is -0.500. The Bertz CT molecular complexity index is 343. The van der Waals surface area contributed by atoms with E-state index in [0.29, 0.717) is 13.0 Å². The second-order valence-corrected chi connectivity index (χ2v) is 6.41. The Hall–Kier alpha value is -0.900. The minimum absolute atomic E-state index is 0.000224. The number of amides is 2. The summed E-state index contributed by atoms with van der Waals surface area (Å²) >= 11 is 0. The molecule has 2 amide bonds. The van der Waals surface area contributed by atoms with Crippen molar-refractivity contribution >= 4 is 11.8 Å². The topological polar surface area (TPSA) is 49.4 Å². The van der Waals surface area contributed by atoms with Crippen molar-refractivity contribution in [2.75, 3.05) is 19.6 Å². The van der Waals surface area contributed by atoms with Gasteiger partial charge in [0.05, 0.1) is 5.41 Å². The molecule has 0 aliphatic carbocycles. The zero-order chi connectivity index (χ0) is 12.7. The molecule has 0 aromatic heterocycles. The third-order valence-corrected chi connectivity index (χ3v) is 4.07. The summed E-state index contributed by atoms with van der Waals surface area (Å²) in [7, 11) is 0. The van der Waals surface area contributed by atoms with Gasteiger partial charge in [0.2, 0.25) is 11.8 Å². The fourth-order valence-corrected chi connectivity index (χ4v) is 2.76. The third-order valence-electron chi connectivity index (χ3n) is 4.07. The van der Waals surface area contributed by atoms with E-state index in [1.165, 1.54) is 4.90 Å². The SMILES string of the molecule is CC1(CN2C(=O)CC(C)(C)C2=O)CCNCC1. The van der Waals surface area contributed by atoms with Crippen LogP contribution in [0.25, 0.3) is 0 Å². The van der Waals surface area contributed by atoms with Gasteiger partial charge in [-0.2, -0.15) is 0 Å². The first-order chi connectivity index (χ1) is 7.84. The van der Waals surface area contributed by atoms with Gasteiger partial charge in [0.25, 0.3) is 0 Å². The molecule has 2 fully saturated rings. The quantitative estimate of drug-likeness (QED) is 0.734. The molecule has 0 radical (unpaired) electrons. The van der Waals surface area contributed by atoms with E-state index in [2.05, 4.69) is 12.2 Å². The minimum Gasteiger partial charge on any atom is -0.317 e. The van der Waals surface area contributed by atoms with Gasteiger partial charge in [-0.05, 0) is 31.3 Å². The van der Waals surface area contributed by atoms with E-state index in [1.807, 2.05) is 13.8 Å². The number of piperidine rings is 1. The highest BCUT2D eigenvalue weighted by molar-refractivity contribution is 6.05. The molecule has 0 spiro atoms. The molecule has 4 heteroatoms. The number of likely N-dealkylation sites (tertiary alicyclic amines) is 1. The van der Waals surface area contributed by atoms with Crippen LogP contribution >= 0.6 is 0 Å². The van der Waals surface area contributed by atoms with E-state index in [9.17, 15) is 9.59 Å². The molecule has 0 aromatic carbocycles. The van der Waals surface area contributed by atoms with Crippen molar-refractivity contribution in [3.05, 3.63) is 0 Å².